The van der Waals surface area contributed by atoms with Crippen molar-refractivity contribution in [2.75, 3.05) is 6.54 Å². The molecule has 0 atom stereocenters. The zero-order valence-corrected chi connectivity index (χ0v) is 17.8. The Morgan fingerprint density at radius 3 is 2.41 bits per heavy atom. The molecule has 0 spiro atoms. The summed E-state index contributed by atoms with van der Waals surface area (Å²) in [6.45, 7) is 5.77. The summed E-state index contributed by atoms with van der Waals surface area (Å²) < 4.78 is 44.1. The summed E-state index contributed by atoms with van der Waals surface area (Å²) in [6, 6.07) is 4.45. The topological polar surface area (TPSA) is 132 Å². The molecular weight excluding hydrogens is 427 g/mol. The van der Waals surface area contributed by atoms with Crippen molar-refractivity contribution >= 4 is 11.9 Å². The van der Waals surface area contributed by atoms with Gasteiger partial charge in [-0.25, -0.2) is 26.1 Å². The monoisotopic (exact) mass is 451 g/mol. The molecule has 0 saturated heterocycles. The number of rotatable bonds is 3. The highest BCUT2D eigenvalue weighted by Crippen LogP contribution is 2.31. The summed E-state index contributed by atoms with van der Waals surface area (Å²) in [6.07, 6.45) is -4.57. The summed E-state index contributed by atoms with van der Waals surface area (Å²) in [4.78, 5) is 22.9. The van der Waals surface area contributed by atoms with Gasteiger partial charge < -0.3 is 15.4 Å². The normalized spacial score (nSPS) is 14.7. The molecular formula is C20H24F3N7O2. The van der Waals surface area contributed by atoms with Crippen molar-refractivity contribution in [2.45, 2.75) is 45.5 Å². The number of ether oxygens (including phenoxy) is 1. The molecule has 172 valence electrons. The second-order valence-electron chi connectivity index (χ2n) is 8.17. The lowest BCUT2D eigenvalue weighted by molar-refractivity contribution is -0.137. The molecule has 32 heavy (non-hydrogen) atoms. The fourth-order valence-corrected chi connectivity index (χ4v) is 3.18. The first kappa shape index (κ1) is 23.3. The number of aromatic nitrogens is 2. The first-order valence-electron chi connectivity index (χ1n) is 9.73. The minimum Gasteiger partial charge on any atom is -0.444 e. The molecule has 1 amide bonds. The molecule has 2 aromatic rings. The predicted molar refractivity (Wildman–Crippen MR) is 111 cm³/mol. The van der Waals surface area contributed by atoms with Crippen molar-refractivity contribution in [2.24, 2.45) is 16.7 Å². The fraction of sp³-hybridized carbons (Fsp3) is 0.400. The van der Waals surface area contributed by atoms with E-state index in [0.717, 1.165) is 12.1 Å². The number of carbonyl (C=O) groups is 1. The highest BCUT2D eigenvalue weighted by molar-refractivity contribution is 5.97. The fourth-order valence-electron chi connectivity index (χ4n) is 3.18. The number of nitrogens with two attached hydrogens (primary N) is 2. The number of hydrogen-bond acceptors (Lipinski definition) is 7. The number of nitrogens with one attached hydrogen (secondary N) is 1. The number of amides is 1. The lowest BCUT2D eigenvalue weighted by atomic mass is 10.0. The van der Waals surface area contributed by atoms with E-state index in [4.69, 9.17) is 16.3 Å². The number of hydrazone groups is 1. The summed E-state index contributed by atoms with van der Waals surface area (Å²) in [5, 5.41) is 3.76. The van der Waals surface area contributed by atoms with Gasteiger partial charge in [-0.1, -0.05) is 12.1 Å². The zero-order valence-electron chi connectivity index (χ0n) is 17.8. The Morgan fingerprint density at radius 2 is 1.84 bits per heavy atom. The maximum absolute atomic E-state index is 12.9. The van der Waals surface area contributed by atoms with Gasteiger partial charge in [0.2, 0.25) is 0 Å². The van der Waals surface area contributed by atoms with Crippen molar-refractivity contribution in [1.29, 1.82) is 0 Å². The van der Waals surface area contributed by atoms with E-state index in [0.29, 0.717) is 35.5 Å². The van der Waals surface area contributed by atoms with Gasteiger partial charge in [-0.3, -0.25) is 0 Å². The van der Waals surface area contributed by atoms with Gasteiger partial charge >= 0.3 is 12.3 Å². The van der Waals surface area contributed by atoms with Crippen LogP contribution in [0.25, 0.3) is 11.4 Å². The van der Waals surface area contributed by atoms with Gasteiger partial charge in [0, 0.05) is 17.7 Å². The van der Waals surface area contributed by atoms with Crippen LogP contribution in [-0.4, -0.2) is 38.9 Å². The van der Waals surface area contributed by atoms with Gasteiger partial charge in [-0.15, -0.1) is 5.10 Å². The molecule has 0 bridgehead atoms. The maximum Gasteiger partial charge on any atom is 0.416 e. The molecule has 9 nitrogen and oxygen atoms in total. The van der Waals surface area contributed by atoms with Crippen LogP contribution in [0.15, 0.2) is 29.4 Å². The number of amidine groups is 1. The van der Waals surface area contributed by atoms with E-state index in [1.54, 1.807) is 20.8 Å². The molecule has 1 aliphatic rings. The number of hydrazine groups is 1. The highest BCUT2D eigenvalue weighted by Gasteiger charge is 2.31. The molecule has 1 aliphatic heterocycles. The second kappa shape index (κ2) is 8.61. The maximum atomic E-state index is 12.9. The summed E-state index contributed by atoms with van der Waals surface area (Å²) in [5.74, 6) is 5.37. The first-order chi connectivity index (χ1) is 14.9. The molecule has 0 saturated carbocycles. The van der Waals surface area contributed by atoms with E-state index in [2.05, 4.69) is 20.6 Å². The van der Waals surface area contributed by atoms with E-state index in [1.165, 1.54) is 17.0 Å². The first-order valence-corrected chi connectivity index (χ1v) is 9.73. The lowest BCUT2D eigenvalue weighted by Gasteiger charge is -2.31. The van der Waals surface area contributed by atoms with Crippen LogP contribution in [0, 0.1) is 0 Å². The predicted octanol–water partition coefficient (Wildman–Crippen LogP) is 2.54. The van der Waals surface area contributed by atoms with Crippen LogP contribution < -0.4 is 17.1 Å². The SMILES string of the molecule is CC(C)(C)OC(=O)N1CCc2c(nc(-c3ccc(C(F)(F)F)cc3)nc2/C(N)=N/NN)C1. The van der Waals surface area contributed by atoms with Gasteiger partial charge in [-0.2, -0.15) is 13.2 Å². The number of alkyl halides is 3. The Labute approximate surface area is 182 Å². The Hall–Kier alpha value is -3.41. The van der Waals surface area contributed by atoms with Crippen LogP contribution in [-0.2, 0) is 23.9 Å². The molecule has 1 aromatic heterocycles. The quantitative estimate of drug-likeness (QED) is 0.283. The third-order valence-electron chi connectivity index (χ3n) is 4.61. The molecule has 0 fully saturated rings. The van der Waals surface area contributed by atoms with Gasteiger partial charge in [0.1, 0.15) is 11.3 Å². The van der Waals surface area contributed by atoms with Crippen molar-refractivity contribution in [1.82, 2.24) is 20.4 Å². The summed E-state index contributed by atoms with van der Waals surface area (Å²) in [7, 11) is 0. The third-order valence-corrected chi connectivity index (χ3v) is 4.61. The van der Waals surface area contributed by atoms with Crippen LogP contribution in [0.4, 0.5) is 18.0 Å². The molecule has 12 heteroatoms. The van der Waals surface area contributed by atoms with Gasteiger partial charge in [0.05, 0.1) is 17.8 Å². The van der Waals surface area contributed by atoms with E-state index in [1.807, 2.05) is 0 Å². The summed E-state index contributed by atoms with van der Waals surface area (Å²) in [5.41, 5.74) is 8.47. The van der Waals surface area contributed by atoms with E-state index in [-0.39, 0.29) is 18.2 Å². The Morgan fingerprint density at radius 1 is 1.19 bits per heavy atom. The largest absolute Gasteiger partial charge is 0.444 e. The minimum absolute atomic E-state index is 0.00923. The highest BCUT2D eigenvalue weighted by atomic mass is 19.4. The number of hydrogen-bond donors (Lipinski definition) is 3. The molecule has 5 N–H and O–H groups in total. The Bertz CT molecular complexity index is 1030. The van der Waals surface area contributed by atoms with Gasteiger partial charge in [0.15, 0.2) is 11.7 Å². The van der Waals surface area contributed by atoms with Gasteiger partial charge in [-0.05, 0) is 39.3 Å². The molecule has 1 aromatic carbocycles. The Kier molecular flexibility index (Phi) is 6.26. The number of benzene rings is 1. The van der Waals surface area contributed by atoms with Crippen LogP contribution >= 0.6 is 0 Å². The van der Waals surface area contributed by atoms with Crippen LogP contribution in [0.1, 0.15) is 43.3 Å². The molecule has 2 heterocycles. The van der Waals surface area contributed by atoms with Crippen molar-refractivity contribution in [3.05, 3.63) is 46.8 Å². The van der Waals surface area contributed by atoms with E-state index < -0.39 is 23.4 Å². The average molecular weight is 451 g/mol. The number of fused-ring (bicyclic) bond motifs is 1. The molecule has 3 rings (SSSR count). The average Bonchev–Trinajstić information content (AvgIpc) is 2.71. The zero-order chi connectivity index (χ0) is 23.7. The van der Waals surface area contributed by atoms with Gasteiger partial charge in [0.25, 0.3) is 0 Å². The van der Waals surface area contributed by atoms with Crippen molar-refractivity contribution in [3.8, 4) is 11.4 Å². The summed E-state index contributed by atoms with van der Waals surface area (Å²) >= 11 is 0. The van der Waals surface area contributed by atoms with Crippen molar-refractivity contribution in [3.63, 3.8) is 0 Å². The van der Waals surface area contributed by atoms with Crippen LogP contribution in [0.3, 0.4) is 0 Å². The minimum atomic E-state index is -4.46. The lowest BCUT2D eigenvalue weighted by Crippen LogP contribution is -2.41. The smallest absolute Gasteiger partial charge is 0.416 e. The molecule has 0 unspecified atom stereocenters. The van der Waals surface area contributed by atoms with E-state index in [9.17, 15) is 18.0 Å². The number of carbonyl (C=O) groups excluding carboxylic acids is 1. The standard InChI is InChI=1S/C20H24F3N7O2/c1-19(2,3)32-18(31)30-9-8-13-14(10-30)26-17(27-15(13)16(24)28-29-25)11-4-6-12(7-5-11)20(21,22)23/h4-7,29H,8-10,25H2,1-3H3,(H2,24,28). The third kappa shape index (κ3) is 5.25. The number of halogens is 3. The van der Waals surface area contributed by atoms with Crippen molar-refractivity contribution < 1.29 is 22.7 Å². The number of nitrogens with zero attached hydrogens (tertiary/aromatic N) is 4. The van der Waals surface area contributed by atoms with Crippen LogP contribution in [0.2, 0.25) is 0 Å². The molecule has 0 radical (unpaired) electrons. The van der Waals surface area contributed by atoms with E-state index >= 15 is 0 Å². The molecule has 0 aliphatic carbocycles. The Balaban J connectivity index is 2.02. The van der Waals surface area contributed by atoms with Crippen LogP contribution in [0.5, 0.6) is 0 Å². The second-order valence-corrected chi connectivity index (χ2v) is 8.17.